The van der Waals surface area contributed by atoms with Crippen LogP contribution in [0.1, 0.15) is 47.5 Å². The summed E-state index contributed by atoms with van der Waals surface area (Å²) >= 11 is 1.36. The van der Waals surface area contributed by atoms with E-state index in [1.807, 2.05) is 38.1 Å². The van der Waals surface area contributed by atoms with Crippen LogP contribution >= 0.6 is 11.3 Å². The zero-order valence-corrected chi connectivity index (χ0v) is 15.6. The van der Waals surface area contributed by atoms with Crippen molar-refractivity contribution in [2.75, 3.05) is 11.9 Å². The maximum absolute atomic E-state index is 12.7. The molecule has 2 heterocycles. The Kier molecular flexibility index (Phi) is 4.99. The van der Waals surface area contributed by atoms with Crippen molar-refractivity contribution in [1.82, 2.24) is 9.97 Å². The first-order valence-electron chi connectivity index (χ1n) is 8.29. The summed E-state index contributed by atoms with van der Waals surface area (Å²) in [6.07, 6.45) is 1.47. The van der Waals surface area contributed by atoms with Gasteiger partial charge in [0.15, 0.2) is 0 Å². The topological polar surface area (TPSA) is 64.1 Å². The molecule has 0 radical (unpaired) electrons. The Labute approximate surface area is 151 Å². The Bertz CT molecular complexity index is 901. The highest BCUT2D eigenvalue weighted by atomic mass is 32.1. The molecule has 5 nitrogen and oxygen atoms in total. The van der Waals surface area contributed by atoms with Crippen LogP contribution in [-0.2, 0) is 0 Å². The Morgan fingerprint density at radius 3 is 2.60 bits per heavy atom. The fourth-order valence-corrected chi connectivity index (χ4v) is 3.68. The van der Waals surface area contributed by atoms with Crippen LogP contribution in [0.3, 0.4) is 0 Å². The zero-order chi connectivity index (χ0) is 18.0. The predicted octanol–water partition coefficient (Wildman–Crippen LogP) is 4.77. The molecule has 6 heteroatoms. The van der Waals surface area contributed by atoms with Gasteiger partial charge in [-0.1, -0.05) is 26.0 Å². The molecule has 0 aliphatic carbocycles. The van der Waals surface area contributed by atoms with Crippen LogP contribution in [0.25, 0.3) is 10.2 Å². The molecule has 0 spiro atoms. The van der Waals surface area contributed by atoms with Gasteiger partial charge in [-0.05, 0) is 43.0 Å². The highest BCUT2D eigenvalue weighted by Crippen LogP contribution is 2.34. The van der Waals surface area contributed by atoms with Gasteiger partial charge in [0, 0.05) is 5.69 Å². The summed E-state index contributed by atoms with van der Waals surface area (Å²) in [7, 11) is 0. The molecule has 1 amide bonds. The molecule has 0 fully saturated rings. The molecule has 2 aromatic heterocycles. The van der Waals surface area contributed by atoms with E-state index in [0.29, 0.717) is 23.3 Å². The molecular formula is C19H21N3O2S. The van der Waals surface area contributed by atoms with E-state index >= 15 is 0 Å². The van der Waals surface area contributed by atoms with E-state index in [1.165, 1.54) is 23.2 Å². The van der Waals surface area contributed by atoms with Crippen molar-refractivity contribution in [2.45, 2.75) is 33.6 Å². The van der Waals surface area contributed by atoms with Gasteiger partial charge in [0.05, 0.1) is 16.9 Å². The Balaban J connectivity index is 1.89. The number of nitrogens with zero attached hydrogens (tertiary/aromatic N) is 2. The minimum atomic E-state index is -0.139. The van der Waals surface area contributed by atoms with Crippen LogP contribution in [0.5, 0.6) is 5.88 Å². The summed E-state index contributed by atoms with van der Waals surface area (Å²) in [5.41, 5.74) is 2.87. The number of nitrogens with one attached hydrogen (secondary N) is 1. The Morgan fingerprint density at radius 2 is 1.96 bits per heavy atom. The number of hydrogen-bond acceptors (Lipinski definition) is 5. The molecular weight excluding hydrogens is 334 g/mol. The molecule has 1 aromatic carbocycles. The first kappa shape index (κ1) is 17.4. The van der Waals surface area contributed by atoms with Crippen molar-refractivity contribution in [3.63, 3.8) is 0 Å². The molecule has 0 saturated carbocycles. The number of hydrogen-bond donors (Lipinski definition) is 1. The van der Waals surface area contributed by atoms with Crippen LogP contribution < -0.4 is 10.1 Å². The van der Waals surface area contributed by atoms with E-state index in [-0.39, 0.29) is 5.91 Å². The first-order chi connectivity index (χ1) is 12.0. The Hall–Kier alpha value is -2.47. The second kappa shape index (κ2) is 7.19. The average molecular weight is 355 g/mol. The lowest BCUT2D eigenvalue weighted by Crippen LogP contribution is -2.11. The van der Waals surface area contributed by atoms with Gasteiger partial charge in [-0.25, -0.2) is 9.97 Å². The number of fused-ring (bicyclic) bond motifs is 1. The Morgan fingerprint density at radius 1 is 1.24 bits per heavy atom. The van der Waals surface area contributed by atoms with Gasteiger partial charge in [-0.2, -0.15) is 0 Å². The summed E-state index contributed by atoms with van der Waals surface area (Å²) in [5, 5.41) is 3.77. The van der Waals surface area contributed by atoms with E-state index < -0.39 is 0 Å². The lowest BCUT2D eigenvalue weighted by Gasteiger charge is -2.08. The number of thiophene rings is 1. The van der Waals surface area contributed by atoms with Crippen molar-refractivity contribution in [2.24, 2.45) is 0 Å². The van der Waals surface area contributed by atoms with Gasteiger partial charge < -0.3 is 10.1 Å². The molecule has 3 aromatic rings. The number of rotatable bonds is 5. The van der Waals surface area contributed by atoms with Gasteiger partial charge in [0.1, 0.15) is 11.2 Å². The molecule has 3 rings (SSSR count). The molecule has 0 unspecified atom stereocenters. The van der Waals surface area contributed by atoms with Gasteiger partial charge in [-0.15, -0.1) is 11.3 Å². The van der Waals surface area contributed by atoms with Crippen LogP contribution in [0.2, 0.25) is 0 Å². The van der Waals surface area contributed by atoms with E-state index in [1.54, 1.807) is 0 Å². The van der Waals surface area contributed by atoms with Crippen molar-refractivity contribution in [1.29, 1.82) is 0 Å². The molecule has 0 aliphatic heterocycles. The summed E-state index contributed by atoms with van der Waals surface area (Å²) < 4.78 is 5.57. The third kappa shape index (κ3) is 3.49. The first-order valence-corrected chi connectivity index (χ1v) is 9.11. The van der Waals surface area contributed by atoms with Crippen LogP contribution in [0.4, 0.5) is 5.69 Å². The maximum atomic E-state index is 12.7. The number of anilines is 1. The quantitative estimate of drug-likeness (QED) is 0.716. The normalized spacial score (nSPS) is 11.1. The third-order valence-electron chi connectivity index (χ3n) is 4.01. The minimum Gasteiger partial charge on any atom is -0.477 e. The van der Waals surface area contributed by atoms with Crippen molar-refractivity contribution < 1.29 is 9.53 Å². The number of aromatic nitrogens is 2. The number of carbonyl (C=O) groups is 1. The number of aryl methyl sites for hydroxylation is 1. The summed E-state index contributed by atoms with van der Waals surface area (Å²) in [4.78, 5) is 22.5. The molecule has 0 bridgehead atoms. The van der Waals surface area contributed by atoms with Crippen LogP contribution in [0.15, 0.2) is 30.6 Å². The minimum absolute atomic E-state index is 0.139. The number of amides is 1. The highest BCUT2D eigenvalue weighted by Gasteiger charge is 2.20. The number of carbonyl (C=O) groups excluding carboxylic acids is 1. The molecule has 0 atom stereocenters. The lowest BCUT2D eigenvalue weighted by molar-refractivity contribution is 0.103. The van der Waals surface area contributed by atoms with E-state index in [4.69, 9.17) is 4.74 Å². The second-order valence-corrected chi connectivity index (χ2v) is 7.08. The van der Waals surface area contributed by atoms with Crippen LogP contribution in [-0.4, -0.2) is 22.5 Å². The number of benzene rings is 1. The van der Waals surface area contributed by atoms with Crippen LogP contribution in [0, 0.1) is 6.92 Å². The molecule has 0 saturated heterocycles. The lowest BCUT2D eigenvalue weighted by atomic mass is 10.0. The third-order valence-corrected chi connectivity index (χ3v) is 5.21. The molecule has 0 aliphatic rings. The standard InChI is InChI=1S/C19H21N3O2S/c1-5-24-18-15-12(4)16(25-19(15)21-10-20-18)17(23)22-14-8-6-13(7-9-14)11(2)3/h6-11H,5H2,1-4H3,(H,22,23). The van der Waals surface area contributed by atoms with Crippen molar-refractivity contribution in [3.05, 3.63) is 46.6 Å². The second-order valence-electron chi connectivity index (χ2n) is 6.08. The SMILES string of the molecule is CCOc1ncnc2sc(C(=O)Nc3ccc(C(C)C)cc3)c(C)c12. The average Bonchev–Trinajstić information content (AvgIpc) is 2.94. The van der Waals surface area contributed by atoms with Gasteiger partial charge >= 0.3 is 0 Å². The van der Waals surface area contributed by atoms with E-state index in [0.717, 1.165) is 21.5 Å². The van der Waals surface area contributed by atoms with Gasteiger partial charge in [-0.3, -0.25) is 4.79 Å². The molecule has 130 valence electrons. The fraction of sp³-hybridized carbons (Fsp3) is 0.316. The summed E-state index contributed by atoms with van der Waals surface area (Å²) in [6, 6.07) is 7.94. The summed E-state index contributed by atoms with van der Waals surface area (Å²) in [5.74, 6) is 0.854. The predicted molar refractivity (Wildman–Crippen MR) is 102 cm³/mol. The molecule has 25 heavy (non-hydrogen) atoms. The number of ether oxygens (including phenoxy) is 1. The fourth-order valence-electron chi connectivity index (χ4n) is 2.64. The van der Waals surface area contributed by atoms with E-state index in [2.05, 4.69) is 29.1 Å². The smallest absolute Gasteiger partial charge is 0.266 e. The molecule has 1 N–H and O–H groups in total. The monoisotopic (exact) mass is 355 g/mol. The zero-order valence-electron chi connectivity index (χ0n) is 14.8. The van der Waals surface area contributed by atoms with E-state index in [9.17, 15) is 4.79 Å². The van der Waals surface area contributed by atoms with Gasteiger partial charge in [0.2, 0.25) is 5.88 Å². The van der Waals surface area contributed by atoms with Crippen molar-refractivity contribution in [3.8, 4) is 5.88 Å². The van der Waals surface area contributed by atoms with Crippen molar-refractivity contribution >= 4 is 33.1 Å². The summed E-state index contributed by atoms with van der Waals surface area (Å²) in [6.45, 7) is 8.62. The maximum Gasteiger partial charge on any atom is 0.266 e. The largest absolute Gasteiger partial charge is 0.477 e. The highest BCUT2D eigenvalue weighted by molar-refractivity contribution is 7.20. The van der Waals surface area contributed by atoms with Gasteiger partial charge in [0.25, 0.3) is 5.91 Å².